The van der Waals surface area contributed by atoms with Crippen LogP contribution in [-0.4, -0.2) is 21.6 Å². The molecule has 0 aromatic carbocycles. The van der Waals surface area contributed by atoms with E-state index in [-0.39, 0.29) is 5.91 Å². The zero-order chi connectivity index (χ0) is 17.3. The van der Waals surface area contributed by atoms with Gasteiger partial charge in [0.1, 0.15) is 5.03 Å². The molecule has 1 amide bonds. The van der Waals surface area contributed by atoms with Gasteiger partial charge < -0.3 is 5.32 Å². The minimum absolute atomic E-state index is 0.0729. The number of pyridine rings is 2. The van der Waals surface area contributed by atoms with E-state index in [0.717, 1.165) is 28.5 Å². The third-order valence-corrected chi connectivity index (χ3v) is 5.56. The van der Waals surface area contributed by atoms with Crippen molar-refractivity contribution < 1.29 is 4.79 Å². The number of nitrogens with zero attached hydrogens (tertiary/aromatic N) is 2. The molecule has 0 saturated carbocycles. The van der Waals surface area contributed by atoms with E-state index in [4.69, 9.17) is 0 Å². The summed E-state index contributed by atoms with van der Waals surface area (Å²) in [4.78, 5) is 22.1. The SMILES string of the molecule is O=C(NCc1cccs1)c1cccnc1SCCCc1cccnc1. The van der Waals surface area contributed by atoms with E-state index in [9.17, 15) is 4.79 Å². The minimum Gasteiger partial charge on any atom is -0.347 e. The summed E-state index contributed by atoms with van der Waals surface area (Å²) in [5, 5.41) is 5.77. The predicted octanol–water partition coefficient (Wildman–Crippen LogP) is 4.19. The molecular weight excluding hydrogens is 350 g/mol. The summed E-state index contributed by atoms with van der Waals surface area (Å²) in [6.07, 6.45) is 7.42. The van der Waals surface area contributed by atoms with Crippen molar-refractivity contribution in [1.82, 2.24) is 15.3 Å². The number of thiophene rings is 1. The third-order valence-electron chi connectivity index (χ3n) is 3.59. The number of hydrogen-bond acceptors (Lipinski definition) is 5. The maximum atomic E-state index is 12.4. The Kier molecular flexibility index (Phi) is 6.59. The van der Waals surface area contributed by atoms with Crippen LogP contribution in [0.4, 0.5) is 0 Å². The zero-order valence-corrected chi connectivity index (χ0v) is 15.4. The molecule has 0 radical (unpaired) electrons. The molecule has 3 rings (SSSR count). The van der Waals surface area contributed by atoms with Crippen molar-refractivity contribution in [1.29, 1.82) is 0 Å². The fourth-order valence-electron chi connectivity index (χ4n) is 2.35. The van der Waals surface area contributed by atoms with Gasteiger partial charge in [-0.25, -0.2) is 4.98 Å². The normalized spacial score (nSPS) is 10.6. The molecular formula is C19H19N3OS2. The molecule has 0 spiro atoms. The maximum absolute atomic E-state index is 12.4. The van der Waals surface area contributed by atoms with Crippen molar-refractivity contribution >= 4 is 29.0 Å². The van der Waals surface area contributed by atoms with Crippen LogP contribution >= 0.6 is 23.1 Å². The minimum atomic E-state index is -0.0729. The highest BCUT2D eigenvalue weighted by molar-refractivity contribution is 7.99. The first-order valence-corrected chi connectivity index (χ1v) is 9.97. The topological polar surface area (TPSA) is 54.9 Å². The van der Waals surface area contributed by atoms with Crippen LogP contribution in [0, 0.1) is 0 Å². The van der Waals surface area contributed by atoms with Crippen molar-refractivity contribution in [2.45, 2.75) is 24.4 Å². The molecule has 4 nitrogen and oxygen atoms in total. The number of hydrogen-bond donors (Lipinski definition) is 1. The number of nitrogens with one attached hydrogen (secondary N) is 1. The smallest absolute Gasteiger partial charge is 0.254 e. The molecule has 0 aliphatic heterocycles. The first kappa shape index (κ1) is 17.6. The highest BCUT2D eigenvalue weighted by atomic mass is 32.2. The molecule has 0 aliphatic rings. The van der Waals surface area contributed by atoms with Crippen molar-refractivity contribution in [2.24, 2.45) is 0 Å². The van der Waals surface area contributed by atoms with E-state index < -0.39 is 0 Å². The second kappa shape index (κ2) is 9.34. The first-order chi connectivity index (χ1) is 12.3. The van der Waals surface area contributed by atoms with Crippen molar-refractivity contribution in [2.75, 3.05) is 5.75 Å². The van der Waals surface area contributed by atoms with E-state index >= 15 is 0 Å². The Morgan fingerprint density at radius 3 is 2.88 bits per heavy atom. The highest BCUT2D eigenvalue weighted by Gasteiger charge is 2.12. The second-order valence-corrected chi connectivity index (χ2v) is 7.55. The fraction of sp³-hybridized carbons (Fsp3) is 0.211. The standard InChI is InChI=1S/C19H19N3OS2/c23-18(22-14-16-7-4-11-24-16)17-8-2-10-21-19(17)25-12-3-6-15-5-1-9-20-13-15/h1-2,4-5,7-11,13H,3,6,12,14H2,(H,22,23). The third kappa shape index (κ3) is 5.41. The molecule has 1 N–H and O–H groups in total. The zero-order valence-electron chi connectivity index (χ0n) is 13.7. The number of aromatic nitrogens is 2. The lowest BCUT2D eigenvalue weighted by atomic mass is 10.2. The molecule has 25 heavy (non-hydrogen) atoms. The van der Waals surface area contributed by atoms with Gasteiger partial charge in [0.05, 0.1) is 12.1 Å². The number of amides is 1. The van der Waals surface area contributed by atoms with Crippen LogP contribution in [0.15, 0.2) is 65.4 Å². The Morgan fingerprint density at radius 2 is 2.08 bits per heavy atom. The molecule has 0 atom stereocenters. The molecule has 0 bridgehead atoms. The first-order valence-electron chi connectivity index (χ1n) is 8.10. The van der Waals surface area contributed by atoms with Crippen molar-refractivity contribution in [3.05, 3.63) is 76.4 Å². The summed E-state index contributed by atoms with van der Waals surface area (Å²) in [7, 11) is 0. The van der Waals surface area contributed by atoms with Gasteiger partial charge in [0, 0.05) is 23.5 Å². The van der Waals surface area contributed by atoms with Crippen molar-refractivity contribution in [3.8, 4) is 0 Å². The fourth-order valence-corrected chi connectivity index (χ4v) is 3.92. The summed E-state index contributed by atoms with van der Waals surface area (Å²) >= 11 is 3.27. The molecule has 0 aliphatic carbocycles. The average molecular weight is 370 g/mol. The van der Waals surface area contributed by atoms with Crippen LogP contribution in [0.2, 0.25) is 0 Å². The number of carbonyl (C=O) groups excluding carboxylic acids is 1. The van der Waals surface area contributed by atoms with Gasteiger partial charge in [-0.3, -0.25) is 9.78 Å². The van der Waals surface area contributed by atoms with E-state index in [1.807, 2.05) is 35.8 Å². The summed E-state index contributed by atoms with van der Waals surface area (Å²) in [6, 6.07) is 11.7. The van der Waals surface area contributed by atoms with E-state index in [0.29, 0.717) is 12.1 Å². The molecule has 3 aromatic rings. The van der Waals surface area contributed by atoms with Gasteiger partial charge in [-0.15, -0.1) is 23.1 Å². The Morgan fingerprint density at radius 1 is 1.16 bits per heavy atom. The van der Waals surface area contributed by atoms with Crippen LogP contribution in [0.3, 0.4) is 0 Å². The van der Waals surface area contributed by atoms with Gasteiger partial charge in [-0.05, 0) is 53.8 Å². The quantitative estimate of drug-likeness (QED) is 0.478. The molecule has 128 valence electrons. The summed E-state index contributed by atoms with van der Waals surface area (Å²) in [5.41, 5.74) is 1.88. The van der Waals surface area contributed by atoms with E-state index in [1.54, 1.807) is 41.6 Å². The lowest BCUT2D eigenvalue weighted by Crippen LogP contribution is -2.23. The number of carbonyl (C=O) groups is 1. The Bertz CT molecular complexity index is 791. The van der Waals surface area contributed by atoms with Gasteiger partial charge in [0.15, 0.2) is 0 Å². The van der Waals surface area contributed by atoms with Gasteiger partial charge in [0.2, 0.25) is 0 Å². The van der Waals surface area contributed by atoms with Crippen molar-refractivity contribution in [3.63, 3.8) is 0 Å². The molecule has 6 heteroatoms. The van der Waals surface area contributed by atoms with Gasteiger partial charge in [-0.1, -0.05) is 12.1 Å². The second-order valence-electron chi connectivity index (χ2n) is 5.43. The highest BCUT2D eigenvalue weighted by Crippen LogP contribution is 2.21. The lowest BCUT2D eigenvalue weighted by molar-refractivity contribution is 0.0947. The predicted molar refractivity (Wildman–Crippen MR) is 103 cm³/mol. The largest absolute Gasteiger partial charge is 0.347 e. The number of rotatable bonds is 8. The van der Waals surface area contributed by atoms with E-state index in [1.165, 1.54) is 5.56 Å². The average Bonchev–Trinajstić information content (AvgIpc) is 3.18. The van der Waals surface area contributed by atoms with Gasteiger partial charge in [0.25, 0.3) is 5.91 Å². The monoisotopic (exact) mass is 369 g/mol. The Hall–Kier alpha value is -2.18. The van der Waals surface area contributed by atoms with E-state index in [2.05, 4.69) is 21.4 Å². The molecule has 3 heterocycles. The maximum Gasteiger partial charge on any atom is 0.254 e. The molecule has 0 saturated heterocycles. The van der Waals surface area contributed by atoms with Gasteiger partial charge >= 0.3 is 0 Å². The van der Waals surface area contributed by atoms with Crippen LogP contribution in [0.5, 0.6) is 0 Å². The summed E-state index contributed by atoms with van der Waals surface area (Å²) in [6.45, 7) is 0.552. The van der Waals surface area contributed by atoms with Crippen LogP contribution in [0.1, 0.15) is 27.2 Å². The van der Waals surface area contributed by atoms with Crippen LogP contribution in [-0.2, 0) is 13.0 Å². The van der Waals surface area contributed by atoms with Gasteiger partial charge in [-0.2, -0.15) is 0 Å². The van der Waals surface area contributed by atoms with Crippen LogP contribution in [0.25, 0.3) is 0 Å². The molecule has 0 fully saturated rings. The number of aryl methyl sites for hydroxylation is 1. The molecule has 0 unspecified atom stereocenters. The number of thioether (sulfide) groups is 1. The summed E-state index contributed by atoms with van der Waals surface area (Å²) in [5.74, 6) is 0.841. The molecule has 3 aromatic heterocycles. The van der Waals surface area contributed by atoms with Crippen LogP contribution < -0.4 is 5.32 Å². The Balaban J connectivity index is 1.52. The Labute approximate surface area is 155 Å². The summed E-state index contributed by atoms with van der Waals surface area (Å²) < 4.78 is 0. The lowest BCUT2D eigenvalue weighted by Gasteiger charge is -2.08.